The van der Waals surface area contributed by atoms with Crippen molar-refractivity contribution in [1.29, 1.82) is 0 Å². The summed E-state index contributed by atoms with van der Waals surface area (Å²) in [5.41, 5.74) is 7.93. The van der Waals surface area contributed by atoms with E-state index >= 15 is 0 Å². The fraction of sp³-hybridized carbons (Fsp3) is 0.462. The minimum Gasteiger partial charge on any atom is -0.507 e. The highest BCUT2D eigenvalue weighted by molar-refractivity contribution is 9.10. The van der Waals surface area contributed by atoms with Gasteiger partial charge in [0.15, 0.2) is 0 Å². The summed E-state index contributed by atoms with van der Waals surface area (Å²) in [7, 11) is 0. The van der Waals surface area contributed by atoms with E-state index in [1.165, 1.54) is 0 Å². The van der Waals surface area contributed by atoms with Crippen molar-refractivity contribution in [2.24, 2.45) is 5.73 Å². The van der Waals surface area contributed by atoms with Crippen LogP contribution in [-0.2, 0) is 4.79 Å². The van der Waals surface area contributed by atoms with Crippen LogP contribution < -0.4 is 5.73 Å². The maximum Gasteiger partial charge on any atom is 0.305 e. The molecule has 0 radical (unpaired) electrons. The zero-order valence-corrected chi connectivity index (χ0v) is 12.3. The molecule has 1 rings (SSSR count). The Morgan fingerprint density at radius 1 is 1.50 bits per heavy atom. The third-order valence-electron chi connectivity index (χ3n) is 2.96. The molecule has 0 aliphatic heterocycles. The highest BCUT2D eigenvalue weighted by Crippen LogP contribution is 2.39. The lowest BCUT2D eigenvalue weighted by molar-refractivity contribution is -0.137. The van der Waals surface area contributed by atoms with Crippen molar-refractivity contribution in [3.63, 3.8) is 0 Å². The molecule has 18 heavy (non-hydrogen) atoms. The maximum atomic E-state index is 10.7. The van der Waals surface area contributed by atoms with Crippen molar-refractivity contribution in [3.05, 3.63) is 27.2 Å². The lowest BCUT2D eigenvalue weighted by Crippen LogP contribution is -2.17. The van der Waals surface area contributed by atoms with Gasteiger partial charge in [0.1, 0.15) is 5.75 Å². The Bertz CT molecular complexity index is 472. The number of carbonyl (C=O) groups is 1. The molecule has 0 aromatic heterocycles. The van der Waals surface area contributed by atoms with Crippen LogP contribution in [0.5, 0.6) is 5.75 Å². The Hall–Kier alpha value is -1.07. The van der Waals surface area contributed by atoms with Crippen molar-refractivity contribution in [2.75, 3.05) is 0 Å². The fourth-order valence-electron chi connectivity index (χ4n) is 1.96. The van der Waals surface area contributed by atoms with E-state index < -0.39 is 12.0 Å². The molecule has 0 spiro atoms. The van der Waals surface area contributed by atoms with E-state index in [1.54, 1.807) is 0 Å². The minimum atomic E-state index is -0.979. The average Bonchev–Trinajstić information content (AvgIpc) is 2.22. The molecular formula is C13H18BrNO3. The second-order valence-electron chi connectivity index (χ2n) is 4.69. The van der Waals surface area contributed by atoms with Gasteiger partial charge in [0.25, 0.3) is 0 Å². The first-order chi connectivity index (χ1) is 8.25. The first-order valence-corrected chi connectivity index (χ1v) is 6.54. The Balaban J connectivity index is 3.37. The number of halogens is 1. The number of rotatable bonds is 4. The number of aromatic hydroxyl groups is 1. The Morgan fingerprint density at radius 3 is 2.50 bits per heavy atom. The smallest absolute Gasteiger partial charge is 0.305 e. The highest BCUT2D eigenvalue weighted by Gasteiger charge is 2.22. The fourth-order valence-corrected chi connectivity index (χ4v) is 2.42. The van der Waals surface area contributed by atoms with Gasteiger partial charge < -0.3 is 15.9 Å². The number of carboxylic acid groups (broad SMARTS) is 1. The van der Waals surface area contributed by atoms with Crippen molar-refractivity contribution < 1.29 is 15.0 Å². The molecule has 0 aliphatic rings. The molecule has 4 N–H and O–H groups in total. The summed E-state index contributed by atoms with van der Waals surface area (Å²) < 4.78 is 0.833. The molecule has 0 saturated carbocycles. The van der Waals surface area contributed by atoms with Gasteiger partial charge in [0.2, 0.25) is 0 Å². The van der Waals surface area contributed by atoms with Crippen LogP contribution >= 0.6 is 15.9 Å². The van der Waals surface area contributed by atoms with Crippen molar-refractivity contribution in [1.82, 2.24) is 0 Å². The van der Waals surface area contributed by atoms with Gasteiger partial charge in [0.05, 0.1) is 6.42 Å². The second kappa shape index (κ2) is 5.71. The van der Waals surface area contributed by atoms with Crippen LogP contribution in [0.15, 0.2) is 10.5 Å². The number of nitrogens with two attached hydrogens (primary N) is 1. The van der Waals surface area contributed by atoms with Crippen LogP contribution in [0.1, 0.15) is 48.9 Å². The summed E-state index contributed by atoms with van der Waals surface area (Å²) in [5, 5.41) is 19.1. The predicted molar refractivity (Wildman–Crippen MR) is 73.8 cm³/mol. The quantitative estimate of drug-likeness (QED) is 0.797. The van der Waals surface area contributed by atoms with Crippen LogP contribution in [0.3, 0.4) is 0 Å². The number of phenolic OH excluding ortho intramolecular Hbond substituents is 1. The van der Waals surface area contributed by atoms with Crippen LogP contribution in [0.2, 0.25) is 0 Å². The summed E-state index contributed by atoms with van der Waals surface area (Å²) in [6, 6.07) is 1.14. The molecule has 4 nitrogen and oxygen atoms in total. The predicted octanol–water partition coefficient (Wildman–Crippen LogP) is 3.06. The van der Waals surface area contributed by atoms with Crippen LogP contribution in [0.4, 0.5) is 0 Å². The van der Waals surface area contributed by atoms with E-state index in [4.69, 9.17) is 10.8 Å². The van der Waals surface area contributed by atoms with Crippen molar-refractivity contribution in [3.8, 4) is 5.75 Å². The van der Waals surface area contributed by atoms with Gasteiger partial charge in [0, 0.05) is 16.1 Å². The van der Waals surface area contributed by atoms with E-state index in [0.29, 0.717) is 5.56 Å². The van der Waals surface area contributed by atoms with Crippen LogP contribution in [-0.4, -0.2) is 16.2 Å². The van der Waals surface area contributed by atoms with Gasteiger partial charge in [-0.05, 0) is 30.0 Å². The zero-order valence-electron chi connectivity index (χ0n) is 10.7. The maximum absolute atomic E-state index is 10.7. The molecule has 0 aliphatic carbocycles. The Morgan fingerprint density at radius 2 is 2.06 bits per heavy atom. The molecule has 0 amide bonds. The first-order valence-electron chi connectivity index (χ1n) is 5.74. The lowest BCUT2D eigenvalue weighted by Gasteiger charge is -2.20. The number of carboxylic acids is 1. The van der Waals surface area contributed by atoms with E-state index in [1.807, 2.05) is 26.8 Å². The standard InChI is InChI=1S/C13H18BrNO3/c1-6(2)8-4-9(14)7(3)12(13(8)18)10(15)5-11(16)17/h4,6,10,18H,5,15H2,1-3H3,(H,16,17). The van der Waals surface area contributed by atoms with Gasteiger partial charge in [-0.25, -0.2) is 0 Å². The van der Waals surface area contributed by atoms with E-state index in [-0.39, 0.29) is 18.1 Å². The van der Waals surface area contributed by atoms with Crippen LogP contribution in [0, 0.1) is 6.92 Å². The monoisotopic (exact) mass is 315 g/mol. The molecular weight excluding hydrogens is 298 g/mol. The summed E-state index contributed by atoms with van der Waals surface area (Å²) >= 11 is 3.42. The number of hydrogen-bond donors (Lipinski definition) is 3. The van der Waals surface area contributed by atoms with E-state index in [0.717, 1.165) is 15.6 Å². The number of hydrogen-bond acceptors (Lipinski definition) is 3. The Kier molecular flexibility index (Phi) is 4.76. The van der Waals surface area contributed by atoms with E-state index in [2.05, 4.69) is 15.9 Å². The molecule has 0 bridgehead atoms. The van der Waals surface area contributed by atoms with Gasteiger partial charge in [-0.15, -0.1) is 0 Å². The van der Waals surface area contributed by atoms with Crippen molar-refractivity contribution >= 4 is 21.9 Å². The molecule has 1 atom stereocenters. The molecule has 0 saturated heterocycles. The third-order valence-corrected chi connectivity index (χ3v) is 3.78. The number of benzene rings is 1. The first kappa shape index (κ1) is 15.0. The second-order valence-corrected chi connectivity index (χ2v) is 5.55. The van der Waals surface area contributed by atoms with Gasteiger partial charge in [-0.3, -0.25) is 4.79 Å². The van der Waals surface area contributed by atoms with Crippen molar-refractivity contribution in [2.45, 2.75) is 39.2 Å². The molecule has 0 heterocycles. The average molecular weight is 316 g/mol. The lowest BCUT2D eigenvalue weighted by atomic mass is 9.91. The summed E-state index contributed by atoms with van der Waals surface area (Å²) in [5.74, 6) is -0.732. The summed E-state index contributed by atoms with van der Waals surface area (Å²) in [4.78, 5) is 10.7. The topological polar surface area (TPSA) is 83.5 Å². The largest absolute Gasteiger partial charge is 0.507 e. The molecule has 5 heteroatoms. The highest BCUT2D eigenvalue weighted by atomic mass is 79.9. The van der Waals surface area contributed by atoms with Gasteiger partial charge >= 0.3 is 5.97 Å². The molecule has 100 valence electrons. The molecule has 0 fully saturated rings. The molecule has 1 aromatic rings. The molecule has 1 aromatic carbocycles. The summed E-state index contributed by atoms with van der Waals surface area (Å²) in [6.45, 7) is 5.73. The molecule has 1 unspecified atom stereocenters. The summed E-state index contributed by atoms with van der Waals surface area (Å²) in [6.07, 6.45) is -0.206. The van der Waals surface area contributed by atoms with E-state index in [9.17, 15) is 9.90 Å². The van der Waals surface area contributed by atoms with Gasteiger partial charge in [-0.1, -0.05) is 29.8 Å². The Labute approximate surface area is 115 Å². The number of aliphatic carboxylic acids is 1. The third kappa shape index (κ3) is 3.03. The van der Waals surface area contributed by atoms with Crippen LogP contribution in [0.25, 0.3) is 0 Å². The normalized spacial score (nSPS) is 12.8. The number of phenols is 1. The van der Waals surface area contributed by atoms with Gasteiger partial charge in [-0.2, -0.15) is 0 Å². The SMILES string of the molecule is Cc1c(Br)cc(C(C)C)c(O)c1C(N)CC(=O)O. The zero-order chi connectivity index (χ0) is 14.0. The minimum absolute atomic E-state index is 0.111.